The lowest BCUT2D eigenvalue weighted by Gasteiger charge is -1.90. The van der Waals surface area contributed by atoms with Crippen molar-refractivity contribution < 1.29 is 24.9 Å². The van der Waals surface area contributed by atoms with Gasteiger partial charge in [0.25, 0.3) is 0 Å². The number of hydrogen-bond acceptors (Lipinski definition) is 4. The highest BCUT2D eigenvalue weighted by Gasteiger charge is 2.04. The maximum Gasteiger partial charge on any atom is 0.310 e. The Hall–Kier alpha value is -0.940. The quantitative estimate of drug-likeness (QED) is 0.647. The van der Waals surface area contributed by atoms with E-state index in [1.807, 2.05) is 34.6 Å². The second-order valence-electron chi connectivity index (χ2n) is 5.01. The van der Waals surface area contributed by atoms with Gasteiger partial charge in [-0.25, -0.2) is 0 Å². The number of carbonyl (C=O) groups excluding carboxylic acids is 1. The maximum atomic E-state index is 10.5. The highest BCUT2D eigenvalue weighted by atomic mass is 16.4. The maximum absolute atomic E-state index is 10.5. The van der Waals surface area contributed by atoms with Crippen molar-refractivity contribution in [3.05, 3.63) is 0 Å². The molecule has 116 valence electrons. The first-order valence-corrected chi connectivity index (χ1v) is 6.66. The average Bonchev–Trinajstić information content (AvgIpc) is 2.29. The number of carboxylic acid groups (broad SMARTS) is 1. The number of aliphatic hydroxyl groups excluding tert-OH is 2. The molecule has 19 heavy (non-hydrogen) atoms. The second kappa shape index (κ2) is 17.1. The van der Waals surface area contributed by atoms with E-state index in [1.165, 1.54) is 0 Å². The Labute approximate surface area is 116 Å². The van der Waals surface area contributed by atoms with E-state index < -0.39 is 5.97 Å². The molecule has 0 aliphatic carbocycles. The molecule has 0 fully saturated rings. The number of ketones is 1. The number of aliphatic carboxylic acids is 1. The lowest BCUT2D eigenvalue weighted by molar-refractivity contribution is -0.140. The van der Waals surface area contributed by atoms with E-state index in [2.05, 4.69) is 0 Å². The zero-order chi connectivity index (χ0) is 15.8. The van der Waals surface area contributed by atoms with Gasteiger partial charge in [-0.1, -0.05) is 34.6 Å². The van der Waals surface area contributed by atoms with Crippen LogP contribution in [0.4, 0.5) is 0 Å². The minimum absolute atomic E-state index is 0.190. The fourth-order valence-corrected chi connectivity index (χ4v) is 0.536. The predicted octanol–water partition coefficient (Wildman–Crippen LogP) is 2.10. The zero-order valence-corrected chi connectivity index (χ0v) is 12.8. The molecule has 0 aromatic rings. The third-order valence-electron chi connectivity index (χ3n) is 1.61. The number of carbonyl (C=O) groups is 2. The van der Waals surface area contributed by atoms with Crippen LogP contribution in [0.5, 0.6) is 0 Å². The summed E-state index contributed by atoms with van der Waals surface area (Å²) in [7, 11) is 0. The summed E-state index contributed by atoms with van der Waals surface area (Å²) in [5.41, 5.74) is 0. The molecule has 0 spiro atoms. The minimum Gasteiger partial charge on any atom is -0.481 e. The Balaban J connectivity index is -0.000000219. The van der Waals surface area contributed by atoms with Crippen molar-refractivity contribution in [2.45, 2.75) is 53.9 Å². The number of rotatable bonds is 6. The van der Waals surface area contributed by atoms with Crippen molar-refractivity contribution in [1.82, 2.24) is 0 Å². The van der Waals surface area contributed by atoms with Crippen molar-refractivity contribution >= 4 is 11.8 Å². The summed E-state index contributed by atoms with van der Waals surface area (Å²) >= 11 is 0. The molecule has 0 unspecified atom stereocenters. The van der Waals surface area contributed by atoms with Crippen LogP contribution >= 0.6 is 0 Å². The summed E-state index contributed by atoms with van der Waals surface area (Å²) in [5.74, 6) is -0.344. The number of Topliss-reactive ketones (excluding diaryl/α,β-unsaturated/α-hetero) is 1. The fourth-order valence-electron chi connectivity index (χ4n) is 0.536. The van der Waals surface area contributed by atoms with Gasteiger partial charge in [-0.05, 0) is 18.3 Å². The molecule has 0 aromatic heterocycles. The highest BCUT2D eigenvalue weighted by molar-refractivity contribution is 5.94. The molecule has 5 heteroatoms. The van der Waals surface area contributed by atoms with Crippen LogP contribution < -0.4 is 0 Å². The van der Waals surface area contributed by atoms with Gasteiger partial charge in [0.1, 0.15) is 12.2 Å². The third kappa shape index (κ3) is 38.2. The van der Waals surface area contributed by atoms with Crippen LogP contribution in [0.25, 0.3) is 0 Å². The van der Waals surface area contributed by atoms with Crippen molar-refractivity contribution in [3.8, 4) is 0 Å². The molecule has 0 aliphatic rings. The highest BCUT2D eigenvalue weighted by Crippen LogP contribution is 1.92. The molecule has 5 nitrogen and oxygen atoms in total. The van der Waals surface area contributed by atoms with Crippen LogP contribution in [-0.4, -0.2) is 40.3 Å². The normalized spacial score (nSPS) is 9.32. The van der Waals surface area contributed by atoms with Crippen LogP contribution in [0.3, 0.4) is 0 Å². The van der Waals surface area contributed by atoms with E-state index in [0.29, 0.717) is 31.5 Å². The summed E-state index contributed by atoms with van der Waals surface area (Å²) in [6, 6.07) is 0. The summed E-state index contributed by atoms with van der Waals surface area (Å²) < 4.78 is 0. The first kappa shape index (κ1) is 23.2. The molecule has 0 aromatic carbocycles. The molecule has 0 aliphatic heterocycles. The van der Waals surface area contributed by atoms with Crippen LogP contribution in [0.1, 0.15) is 53.9 Å². The van der Waals surface area contributed by atoms with Gasteiger partial charge in [0.15, 0.2) is 0 Å². The molecule has 0 heterocycles. The van der Waals surface area contributed by atoms with Crippen molar-refractivity contribution in [1.29, 1.82) is 0 Å². The van der Waals surface area contributed by atoms with Gasteiger partial charge in [-0.2, -0.15) is 0 Å². The molecule has 0 bridgehead atoms. The lowest BCUT2D eigenvalue weighted by Crippen LogP contribution is -2.05. The Morgan fingerprint density at radius 2 is 1.26 bits per heavy atom. The predicted molar refractivity (Wildman–Crippen MR) is 76.0 cm³/mol. The van der Waals surface area contributed by atoms with E-state index in [0.717, 1.165) is 6.42 Å². The number of aliphatic hydroxyl groups is 2. The van der Waals surface area contributed by atoms with E-state index in [-0.39, 0.29) is 12.2 Å². The Bertz CT molecular complexity index is 204. The topological polar surface area (TPSA) is 94.8 Å². The average molecular weight is 278 g/mol. The molecular weight excluding hydrogens is 248 g/mol. The Morgan fingerprint density at radius 1 is 0.947 bits per heavy atom. The fraction of sp³-hybridized carbons (Fsp3) is 0.857. The van der Waals surface area contributed by atoms with Crippen LogP contribution in [0, 0.1) is 11.8 Å². The number of carboxylic acids is 1. The first-order chi connectivity index (χ1) is 8.70. The number of hydrogen-bond donors (Lipinski definition) is 3. The summed E-state index contributed by atoms with van der Waals surface area (Å²) in [5, 5.41) is 24.4. The van der Waals surface area contributed by atoms with E-state index >= 15 is 0 Å². The smallest absolute Gasteiger partial charge is 0.310 e. The minimum atomic E-state index is -1.03. The SMILES string of the molecule is CC(C)CO.CC(C)CO.CCCC(=O)CC(=O)O. The summed E-state index contributed by atoms with van der Waals surface area (Å²) in [6.45, 7) is 10.3. The molecule has 0 amide bonds. The van der Waals surface area contributed by atoms with Gasteiger partial charge in [0.05, 0.1) is 0 Å². The van der Waals surface area contributed by atoms with Crippen LogP contribution in [0.2, 0.25) is 0 Å². The summed E-state index contributed by atoms with van der Waals surface area (Å²) in [4.78, 5) is 20.3. The Morgan fingerprint density at radius 3 is 1.42 bits per heavy atom. The van der Waals surface area contributed by atoms with Crippen LogP contribution in [-0.2, 0) is 9.59 Å². The van der Waals surface area contributed by atoms with Crippen molar-refractivity contribution in [2.75, 3.05) is 13.2 Å². The first-order valence-electron chi connectivity index (χ1n) is 6.66. The van der Waals surface area contributed by atoms with Gasteiger partial charge in [-0.15, -0.1) is 0 Å². The molecule has 0 saturated heterocycles. The van der Waals surface area contributed by atoms with Gasteiger partial charge < -0.3 is 15.3 Å². The molecule has 0 radical (unpaired) electrons. The van der Waals surface area contributed by atoms with Gasteiger partial charge >= 0.3 is 5.97 Å². The second-order valence-corrected chi connectivity index (χ2v) is 5.01. The third-order valence-corrected chi connectivity index (χ3v) is 1.61. The van der Waals surface area contributed by atoms with Gasteiger partial charge in [-0.3, -0.25) is 9.59 Å². The zero-order valence-electron chi connectivity index (χ0n) is 12.8. The van der Waals surface area contributed by atoms with Gasteiger partial charge in [0.2, 0.25) is 0 Å². The van der Waals surface area contributed by atoms with Gasteiger partial charge in [0, 0.05) is 19.6 Å². The Kier molecular flexibility index (Phi) is 20.8. The molecular formula is C14H30O5. The van der Waals surface area contributed by atoms with Crippen molar-refractivity contribution in [2.24, 2.45) is 11.8 Å². The largest absolute Gasteiger partial charge is 0.481 e. The lowest BCUT2D eigenvalue weighted by atomic mass is 10.2. The molecule has 0 rings (SSSR count). The standard InChI is InChI=1S/C6H10O3.2C4H10O/c1-2-3-5(7)4-6(8)9;2*1-4(2)3-5/h2-4H2,1H3,(H,8,9);2*4-5H,3H2,1-2H3. The van der Waals surface area contributed by atoms with Crippen molar-refractivity contribution in [3.63, 3.8) is 0 Å². The van der Waals surface area contributed by atoms with E-state index in [9.17, 15) is 9.59 Å². The monoisotopic (exact) mass is 278 g/mol. The molecule has 3 N–H and O–H groups in total. The van der Waals surface area contributed by atoms with E-state index in [1.54, 1.807) is 0 Å². The summed E-state index contributed by atoms with van der Waals surface area (Å²) in [6.07, 6.45) is 0.784. The molecule has 0 atom stereocenters. The van der Waals surface area contributed by atoms with Crippen LogP contribution in [0.15, 0.2) is 0 Å². The molecule has 0 saturated carbocycles. The van der Waals surface area contributed by atoms with E-state index in [4.69, 9.17) is 15.3 Å².